The Morgan fingerprint density at radius 2 is 1.55 bits per heavy atom. The molecule has 0 unspecified atom stereocenters. The van der Waals surface area contributed by atoms with Gasteiger partial charge in [-0.2, -0.15) is 0 Å². The minimum absolute atomic E-state index is 0.0288. The van der Waals surface area contributed by atoms with Crippen molar-refractivity contribution in [3.8, 4) is 5.75 Å². The van der Waals surface area contributed by atoms with Crippen LogP contribution in [0.4, 0.5) is 5.69 Å². The van der Waals surface area contributed by atoms with Crippen LogP contribution in [0.25, 0.3) is 0 Å². The van der Waals surface area contributed by atoms with E-state index >= 15 is 0 Å². The molecule has 0 saturated carbocycles. The Labute approximate surface area is 170 Å². The molecule has 0 radical (unpaired) electrons. The molecule has 1 N–H and O–H groups in total. The SMILES string of the molecule is Cc1ccc(NC(=O)CN(C)C(=O)c2ccc(OCc3ccccc3)cc2)cc1. The normalized spacial score (nSPS) is 10.3. The minimum Gasteiger partial charge on any atom is -0.489 e. The van der Waals surface area contributed by atoms with Gasteiger partial charge in [0.05, 0.1) is 6.54 Å². The van der Waals surface area contributed by atoms with Crippen molar-refractivity contribution >= 4 is 17.5 Å². The van der Waals surface area contributed by atoms with Gasteiger partial charge in [-0.3, -0.25) is 9.59 Å². The number of aryl methyl sites for hydroxylation is 1. The Bertz CT molecular complexity index is 952. The number of carbonyl (C=O) groups is 2. The molecule has 0 aliphatic heterocycles. The highest BCUT2D eigenvalue weighted by Gasteiger charge is 2.15. The van der Waals surface area contributed by atoms with Gasteiger partial charge < -0.3 is 15.0 Å². The van der Waals surface area contributed by atoms with E-state index in [2.05, 4.69) is 5.32 Å². The zero-order valence-electron chi connectivity index (χ0n) is 16.6. The molecular weight excluding hydrogens is 364 g/mol. The first kappa shape index (κ1) is 20.1. The van der Waals surface area contributed by atoms with E-state index in [1.54, 1.807) is 31.3 Å². The van der Waals surface area contributed by atoms with E-state index in [0.29, 0.717) is 23.6 Å². The van der Waals surface area contributed by atoms with E-state index in [1.165, 1.54) is 4.90 Å². The van der Waals surface area contributed by atoms with Crippen molar-refractivity contribution in [1.82, 2.24) is 4.90 Å². The lowest BCUT2D eigenvalue weighted by Crippen LogP contribution is -2.34. The summed E-state index contributed by atoms with van der Waals surface area (Å²) in [6.45, 7) is 2.42. The van der Waals surface area contributed by atoms with Gasteiger partial charge in [0.25, 0.3) is 5.91 Å². The highest BCUT2D eigenvalue weighted by Crippen LogP contribution is 2.15. The Morgan fingerprint density at radius 3 is 2.21 bits per heavy atom. The molecule has 0 saturated heterocycles. The average molecular weight is 388 g/mol. The van der Waals surface area contributed by atoms with Crippen LogP contribution in [0.15, 0.2) is 78.9 Å². The number of nitrogens with one attached hydrogen (secondary N) is 1. The number of hydrogen-bond donors (Lipinski definition) is 1. The first-order valence-electron chi connectivity index (χ1n) is 9.40. The molecule has 0 aliphatic carbocycles. The van der Waals surface area contributed by atoms with Crippen LogP contribution in [-0.2, 0) is 11.4 Å². The fourth-order valence-corrected chi connectivity index (χ4v) is 2.78. The maximum absolute atomic E-state index is 12.6. The molecule has 0 heterocycles. The quantitative estimate of drug-likeness (QED) is 0.657. The molecule has 0 aromatic heterocycles. The largest absolute Gasteiger partial charge is 0.489 e. The lowest BCUT2D eigenvalue weighted by molar-refractivity contribution is -0.116. The second-order valence-electron chi connectivity index (χ2n) is 6.87. The van der Waals surface area contributed by atoms with Crippen molar-refractivity contribution in [2.45, 2.75) is 13.5 Å². The van der Waals surface area contributed by atoms with Gasteiger partial charge in [-0.05, 0) is 48.9 Å². The molecule has 0 bridgehead atoms. The van der Waals surface area contributed by atoms with Gasteiger partial charge in [-0.25, -0.2) is 0 Å². The maximum atomic E-state index is 12.6. The van der Waals surface area contributed by atoms with Gasteiger partial charge in [-0.15, -0.1) is 0 Å². The van der Waals surface area contributed by atoms with Gasteiger partial charge >= 0.3 is 0 Å². The Hall–Kier alpha value is -3.60. The van der Waals surface area contributed by atoms with Crippen molar-refractivity contribution in [3.63, 3.8) is 0 Å². The van der Waals surface area contributed by atoms with E-state index in [4.69, 9.17) is 4.74 Å². The summed E-state index contributed by atoms with van der Waals surface area (Å²) >= 11 is 0. The van der Waals surface area contributed by atoms with Crippen LogP contribution in [0.5, 0.6) is 5.75 Å². The Morgan fingerprint density at radius 1 is 0.897 bits per heavy atom. The summed E-state index contributed by atoms with van der Waals surface area (Å²) in [5, 5.41) is 2.79. The number of carbonyl (C=O) groups excluding carboxylic acids is 2. The molecule has 0 atom stereocenters. The number of likely N-dealkylation sites (N-methyl/N-ethyl adjacent to an activating group) is 1. The van der Waals surface area contributed by atoms with Crippen LogP contribution in [0.1, 0.15) is 21.5 Å². The fourth-order valence-electron chi connectivity index (χ4n) is 2.78. The van der Waals surface area contributed by atoms with Crippen molar-refractivity contribution in [3.05, 3.63) is 95.6 Å². The number of benzene rings is 3. The summed E-state index contributed by atoms with van der Waals surface area (Å²) in [6.07, 6.45) is 0. The molecule has 5 heteroatoms. The van der Waals surface area contributed by atoms with E-state index in [-0.39, 0.29) is 18.4 Å². The van der Waals surface area contributed by atoms with Crippen LogP contribution < -0.4 is 10.1 Å². The zero-order chi connectivity index (χ0) is 20.6. The predicted octanol–water partition coefficient (Wildman–Crippen LogP) is 4.28. The van der Waals surface area contributed by atoms with Crippen LogP contribution >= 0.6 is 0 Å². The molecule has 29 heavy (non-hydrogen) atoms. The van der Waals surface area contributed by atoms with Gasteiger partial charge in [0.1, 0.15) is 12.4 Å². The van der Waals surface area contributed by atoms with Crippen molar-refractivity contribution in [2.24, 2.45) is 0 Å². The lowest BCUT2D eigenvalue weighted by Gasteiger charge is -2.17. The van der Waals surface area contributed by atoms with Gasteiger partial charge in [0, 0.05) is 18.3 Å². The third-order valence-corrected chi connectivity index (χ3v) is 4.41. The molecule has 3 rings (SSSR count). The molecule has 0 aliphatic rings. The van der Waals surface area contributed by atoms with Gasteiger partial charge in [-0.1, -0.05) is 48.0 Å². The molecule has 5 nitrogen and oxygen atoms in total. The highest BCUT2D eigenvalue weighted by molar-refractivity contribution is 5.99. The maximum Gasteiger partial charge on any atom is 0.254 e. The summed E-state index contributed by atoms with van der Waals surface area (Å²) in [6, 6.07) is 24.3. The zero-order valence-corrected chi connectivity index (χ0v) is 16.6. The van der Waals surface area contributed by atoms with Crippen LogP contribution in [-0.4, -0.2) is 30.3 Å². The summed E-state index contributed by atoms with van der Waals surface area (Å²) in [5.41, 5.74) is 3.41. The summed E-state index contributed by atoms with van der Waals surface area (Å²) < 4.78 is 5.74. The standard InChI is InChI=1S/C24H24N2O3/c1-18-8-12-21(13-9-18)25-23(27)16-26(2)24(28)20-10-14-22(15-11-20)29-17-19-6-4-3-5-7-19/h3-15H,16-17H2,1-2H3,(H,25,27). The van der Waals surface area contributed by atoms with E-state index in [0.717, 1.165) is 11.1 Å². The number of anilines is 1. The molecule has 3 aromatic rings. The molecule has 0 spiro atoms. The van der Waals surface area contributed by atoms with Crippen molar-refractivity contribution in [1.29, 1.82) is 0 Å². The van der Waals surface area contributed by atoms with E-state index in [1.807, 2.05) is 61.5 Å². The minimum atomic E-state index is -0.243. The van der Waals surface area contributed by atoms with Gasteiger partial charge in [0.15, 0.2) is 0 Å². The third-order valence-electron chi connectivity index (χ3n) is 4.41. The first-order chi connectivity index (χ1) is 14.0. The molecule has 148 valence electrons. The molecule has 3 aromatic carbocycles. The second-order valence-corrected chi connectivity index (χ2v) is 6.87. The van der Waals surface area contributed by atoms with E-state index in [9.17, 15) is 9.59 Å². The Kier molecular flexibility index (Phi) is 6.63. The van der Waals surface area contributed by atoms with Crippen LogP contribution in [0, 0.1) is 6.92 Å². The number of rotatable bonds is 7. The summed E-state index contributed by atoms with van der Waals surface area (Å²) in [4.78, 5) is 26.2. The Balaban J connectivity index is 1.52. The van der Waals surface area contributed by atoms with Crippen molar-refractivity contribution in [2.75, 3.05) is 18.9 Å². The summed E-state index contributed by atoms with van der Waals surface area (Å²) in [7, 11) is 1.61. The highest BCUT2D eigenvalue weighted by atomic mass is 16.5. The molecule has 0 fully saturated rings. The number of amides is 2. The number of nitrogens with zero attached hydrogens (tertiary/aromatic N) is 1. The topological polar surface area (TPSA) is 58.6 Å². The third kappa shape index (κ3) is 5.94. The van der Waals surface area contributed by atoms with Crippen LogP contribution in [0.3, 0.4) is 0 Å². The average Bonchev–Trinajstić information content (AvgIpc) is 2.74. The van der Waals surface area contributed by atoms with Gasteiger partial charge in [0.2, 0.25) is 5.91 Å². The smallest absolute Gasteiger partial charge is 0.254 e. The fraction of sp³-hybridized carbons (Fsp3) is 0.167. The summed E-state index contributed by atoms with van der Waals surface area (Å²) in [5.74, 6) is 0.219. The molecule has 2 amide bonds. The predicted molar refractivity (Wildman–Crippen MR) is 114 cm³/mol. The van der Waals surface area contributed by atoms with Crippen molar-refractivity contribution < 1.29 is 14.3 Å². The number of ether oxygens (including phenoxy) is 1. The molecular formula is C24H24N2O3. The van der Waals surface area contributed by atoms with Crippen LogP contribution in [0.2, 0.25) is 0 Å². The monoisotopic (exact) mass is 388 g/mol. The first-order valence-corrected chi connectivity index (χ1v) is 9.40. The van der Waals surface area contributed by atoms with E-state index < -0.39 is 0 Å². The number of hydrogen-bond acceptors (Lipinski definition) is 3. The lowest BCUT2D eigenvalue weighted by atomic mass is 10.2. The second kappa shape index (κ2) is 9.55.